The predicted molar refractivity (Wildman–Crippen MR) is 94.5 cm³/mol. The second-order valence-electron chi connectivity index (χ2n) is 9.48. The predicted octanol–water partition coefficient (Wildman–Crippen LogP) is 3.69. The molecule has 0 saturated heterocycles. The number of carbonyl (C=O) groups is 1. The minimum Gasteiger partial charge on any atom is -0.390 e. The minimum absolute atomic E-state index is 0.152. The van der Waals surface area contributed by atoms with E-state index in [9.17, 15) is 23.1 Å². The zero-order valence-corrected chi connectivity index (χ0v) is 15.7. The highest BCUT2D eigenvalue weighted by atomic mass is 19.4. The average Bonchev–Trinajstić information content (AvgIpc) is 3.24. The molecule has 1 aromatic heterocycles. The lowest BCUT2D eigenvalue weighted by molar-refractivity contribution is -0.145. The molecule has 6 rings (SSSR count). The van der Waals surface area contributed by atoms with Crippen molar-refractivity contribution in [2.45, 2.75) is 81.6 Å². The molecule has 1 amide bonds. The van der Waals surface area contributed by atoms with Gasteiger partial charge in [0.1, 0.15) is 0 Å². The molecular weight excluding hydrogens is 371 g/mol. The minimum atomic E-state index is -4.62. The molecule has 0 radical (unpaired) electrons. The van der Waals surface area contributed by atoms with Crippen LogP contribution in [0.3, 0.4) is 0 Å². The Hall–Kier alpha value is -1.57. The Morgan fingerprint density at radius 3 is 2.39 bits per heavy atom. The summed E-state index contributed by atoms with van der Waals surface area (Å²) in [7, 11) is 0. The van der Waals surface area contributed by atoms with E-state index in [0.717, 1.165) is 43.0 Å². The number of carbonyl (C=O) groups excluding carboxylic acids is 1. The van der Waals surface area contributed by atoms with Crippen molar-refractivity contribution < 1.29 is 23.1 Å². The normalized spacial score (nSPS) is 37.6. The maximum Gasteiger partial charge on any atom is 0.433 e. The van der Waals surface area contributed by atoms with E-state index in [1.807, 2.05) is 0 Å². The van der Waals surface area contributed by atoms with E-state index < -0.39 is 23.4 Å². The molecule has 5 aliphatic carbocycles. The largest absolute Gasteiger partial charge is 0.433 e. The van der Waals surface area contributed by atoms with Gasteiger partial charge in [0, 0.05) is 6.04 Å². The lowest BCUT2D eigenvalue weighted by Crippen LogP contribution is -2.61. The second-order valence-corrected chi connectivity index (χ2v) is 9.48. The van der Waals surface area contributed by atoms with Crippen molar-refractivity contribution in [1.82, 2.24) is 15.1 Å². The number of rotatable bonds is 3. The molecule has 4 bridgehead atoms. The van der Waals surface area contributed by atoms with Crippen LogP contribution in [0.15, 0.2) is 6.20 Å². The van der Waals surface area contributed by atoms with Gasteiger partial charge in [-0.05, 0) is 62.7 Å². The zero-order chi connectivity index (χ0) is 19.7. The van der Waals surface area contributed by atoms with E-state index in [1.54, 1.807) is 0 Å². The SMILES string of the molecule is O=C(NC1[C@H]2CC3C[C@H]1CC(O)(C3)C2)c1cnn(C2CCCC2)c1C(F)(F)F. The van der Waals surface area contributed by atoms with Crippen molar-refractivity contribution >= 4 is 5.91 Å². The monoisotopic (exact) mass is 397 g/mol. The first-order valence-corrected chi connectivity index (χ1v) is 10.4. The highest BCUT2D eigenvalue weighted by Crippen LogP contribution is 2.55. The molecule has 0 spiro atoms. The Labute approximate surface area is 161 Å². The van der Waals surface area contributed by atoms with Crippen LogP contribution < -0.4 is 5.32 Å². The van der Waals surface area contributed by atoms with E-state index >= 15 is 0 Å². The van der Waals surface area contributed by atoms with Crippen LogP contribution in [0.25, 0.3) is 0 Å². The number of aliphatic hydroxyl groups is 1. The van der Waals surface area contributed by atoms with Crippen LogP contribution in [0.2, 0.25) is 0 Å². The zero-order valence-electron chi connectivity index (χ0n) is 15.7. The van der Waals surface area contributed by atoms with Gasteiger partial charge in [-0.25, -0.2) is 0 Å². The Kier molecular flexibility index (Phi) is 4.09. The first kappa shape index (κ1) is 18.5. The van der Waals surface area contributed by atoms with Crippen LogP contribution in [-0.4, -0.2) is 32.4 Å². The van der Waals surface area contributed by atoms with Crippen molar-refractivity contribution in [1.29, 1.82) is 0 Å². The van der Waals surface area contributed by atoms with Gasteiger partial charge in [0.2, 0.25) is 0 Å². The number of nitrogens with zero attached hydrogens (tertiary/aromatic N) is 2. The number of amides is 1. The lowest BCUT2D eigenvalue weighted by atomic mass is 9.52. The summed E-state index contributed by atoms with van der Waals surface area (Å²) >= 11 is 0. The number of nitrogens with one attached hydrogen (secondary N) is 1. The summed E-state index contributed by atoms with van der Waals surface area (Å²) in [6.07, 6.45) is 3.55. The van der Waals surface area contributed by atoms with Gasteiger partial charge < -0.3 is 10.4 Å². The van der Waals surface area contributed by atoms with Crippen molar-refractivity contribution in [2.75, 3.05) is 0 Å². The topological polar surface area (TPSA) is 67.2 Å². The number of hydrogen-bond donors (Lipinski definition) is 2. The highest BCUT2D eigenvalue weighted by Gasteiger charge is 2.55. The second kappa shape index (κ2) is 6.21. The van der Waals surface area contributed by atoms with E-state index in [-0.39, 0.29) is 29.5 Å². The maximum absolute atomic E-state index is 13.8. The van der Waals surface area contributed by atoms with Gasteiger partial charge in [0.05, 0.1) is 23.4 Å². The van der Waals surface area contributed by atoms with Gasteiger partial charge in [-0.15, -0.1) is 0 Å². The fourth-order valence-electron chi connectivity index (χ4n) is 6.68. The Morgan fingerprint density at radius 2 is 1.82 bits per heavy atom. The molecule has 2 N–H and O–H groups in total. The molecule has 8 heteroatoms. The maximum atomic E-state index is 13.8. The van der Waals surface area contributed by atoms with Gasteiger partial charge >= 0.3 is 6.18 Å². The number of halogens is 3. The smallest absolute Gasteiger partial charge is 0.390 e. The first-order valence-electron chi connectivity index (χ1n) is 10.4. The lowest BCUT2D eigenvalue weighted by Gasteiger charge is -2.58. The third kappa shape index (κ3) is 2.95. The summed E-state index contributed by atoms with van der Waals surface area (Å²) in [6.45, 7) is 0. The third-order valence-corrected chi connectivity index (χ3v) is 7.52. The molecule has 154 valence electrons. The molecule has 0 aliphatic heterocycles. The molecular formula is C20H26F3N3O2. The number of aromatic nitrogens is 2. The van der Waals surface area contributed by atoms with Crippen LogP contribution in [0.4, 0.5) is 13.2 Å². The summed E-state index contributed by atoms with van der Waals surface area (Å²) in [6, 6.07) is -0.436. The molecule has 1 heterocycles. The van der Waals surface area contributed by atoms with Gasteiger partial charge in [0.15, 0.2) is 5.69 Å². The molecule has 5 saturated carbocycles. The molecule has 5 aliphatic rings. The Bertz CT molecular complexity index is 768. The number of alkyl halides is 3. The van der Waals surface area contributed by atoms with Crippen LogP contribution in [0.1, 0.15) is 79.9 Å². The summed E-state index contributed by atoms with van der Waals surface area (Å²) in [5, 5.41) is 17.6. The van der Waals surface area contributed by atoms with Crippen molar-refractivity contribution in [3.8, 4) is 0 Å². The fraction of sp³-hybridized carbons (Fsp3) is 0.800. The van der Waals surface area contributed by atoms with E-state index in [0.29, 0.717) is 31.6 Å². The standard InChI is InChI=1S/C20H26F3N3O2/c21-20(22,23)17-15(10-24-26(17)14-3-1-2-4-14)18(27)25-16-12-5-11-6-13(16)9-19(28,7-11)8-12/h10-14,16,28H,1-9H2,(H,25,27)/t11?,12-,13-,16?,19?/m0/s1. The van der Waals surface area contributed by atoms with Crippen molar-refractivity contribution in [2.24, 2.45) is 17.8 Å². The number of hydrogen-bond acceptors (Lipinski definition) is 3. The molecule has 1 aromatic rings. The van der Waals surface area contributed by atoms with Crippen LogP contribution in [-0.2, 0) is 6.18 Å². The van der Waals surface area contributed by atoms with E-state index in [4.69, 9.17) is 0 Å². The van der Waals surface area contributed by atoms with E-state index in [2.05, 4.69) is 10.4 Å². The van der Waals surface area contributed by atoms with Gasteiger partial charge in [-0.1, -0.05) is 12.8 Å². The van der Waals surface area contributed by atoms with Crippen LogP contribution in [0.5, 0.6) is 0 Å². The van der Waals surface area contributed by atoms with Gasteiger partial charge in [0.25, 0.3) is 5.91 Å². The molecule has 5 fully saturated rings. The van der Waals surface area contributed by atoms with Gasteiger partial charge in [-0.2, -0.15) is 18.3 Å². The highest BCUT2D eigenvalue weighted by molar-refractivity contribution is 5.95. The van der Waals surface area contributed by atoms with Crippen LogP contribution in [0, 0.1) is 17.8 Å². The fourth-order valence-corrected chi connectivity index (χ4v) is 6.68. The van der Waals surface area contributed by atoms with Crippen LogP contribution >= 0.6 is 0 Å². The summed E-state index contributed by atoms with van der Waals surface area (Å²) in [5.74, 6) is 0.103. The van der Waals surface area contributed by atoms with E-state index in [1.165, 1.54) is 0 Å². The van der Waals surface area contributed by atoms with Gasteiger partial charge in [-0.3, -0.25) is 9.48 Å². The third-order valence-electron chi connectivity index (χ3n) is 7.52. The molecule has 2 atom stereocenters. The van der Waals surface area contributed by atoms with Crippen molar-refractivity contribution in [3.05, 3.63) is 17.5 Å². The molecule has 0 aromatic carbocycles. The Balaban J connectivity index is 1.40. The van der Waals surface area contributed by atoms with Crippen molar-refractivity contribution in [3.63, 3.8) is 0 Å². The quantitative estimate of drug-likeness (QED) is 0.818. The molecule has 0 unspecified atom stereocenters. The summed E-state index contributed by atoms with van der Waals surface area (Å²) in [5.41, 5.74) is -1.92. The first-order chi connectivity index (χ1) is 13.2. The average molecular weight is 397 g/mol. The Morgan fingerprint density at radius 1 is 1.18 bits per heavy atom. The summed E-state index contributed by atoms with van der Waals surface area (Å²) < 4.78 is 42.4. The summed E-state index contributed by atoms with van der Waals surface area (Å²) in [4.78, 5) is 12.9. The molecule has 5 nitrogen and oxygen atoms in total. The molecule has 28 heavy (non-hydrogen) atoms.